The minimum absolute atomic E-state index is 0.0679. The Balaban J connectivity index is 2.06. The van der Waals surface area contributed by atoms with Gasteiger partial charge in [0.25, 0.3) is 11.8 Å². The summed E-state index contributed by atoms with van der Waals surface area (Å²) in [6.07, 6.45) is 0. The minimum atomic E-state index is -0.596. The first kappa shape index (κ1) is 23.5. The van der Waals surface area contributed by atoms with E-state index in [9.17, 15) is 14.4 Å². The second-order valence-corrected chi connectivity index (χ2v) is 6.57. The molecule has 0 heterocycles. The number of nitrogens with zero attached hydrogens (tertiary/aromatic N) is 1. The monoisotopic (exact) mass is 445 g/mol. The molecule has 2 aromatic rings. The zero-order valence-corrected chi connectivity index (χ0v) is 17.6. The third-order valence-corrected chi connectivity index (χ3v) is 4.24. The molecule has 0 unspecified atom stereocenters. The van der Waals surface area contributed by atoms with Crippen LogP contribution in [0.25, 0.3) is 0 Å². The number of esters is 1. The SMILES string of the molecule is COC(=O)CNC(=O)COc1cc(C#N)ccc1CNC(=O)c1cc(Cl)cc(OC)c1. The fraction of sp³-hybridized carbons (Fsp3) is 0.238. The number of ether oxygens (including phenoxy) is 3. The van der Waals surface area contributed by atoms with E-state index >= 15 is 0 Å². The molecule has 0 radical (unpaired) electrons. The molecule has 162 valence electrons. The van der Waals surface area contributed by atoms with Gasteiger partial charge in [-0.05, 0) is 30.3 Å². The van der Waals surface area contributed by atoms with Crippen molar-refractivity contribution in [1.82, 2.24) is 10.6 Å². The summed E-state index contributed by atoms with van der Waals surface area (Å²) in [4.78, 5) is 35.4. The summed E-state index contributed by atoms with van der Waals surface area (Å²) in [5.74, 6) is -0.851. The number of nitriles is 1. The van der Waals surface area contributed by atoms with E-state index in [0.717, 1.165) is 0 Å². The molecule has 0 saturated carbocycles. The van der Waals surface area contributed by atoms with Crippen molar-refractivity contribution >= 4 is 29.4 Å². The standard InChI is InChI=1S/C21H20ClN3O6/c1-29-17-7-15(6-16(22)8-17)21(28)25-10-14-4-3-13(9-23)5-18(14)31-12-19(26)24-11-20(27)30-2/h3-8H,10-12H2,1-2H3,(H,24,26)(H,25,28). The molecule has 0 aliphatic rings. The number of amides is 2. The van der Waals surface area contributed by atoms with Gasteiger partial charge in [-0.15, -0.1) is 0 Å². The lowest BCUT2D eigenvalue weighted by molar-refractivity contribution is -0.141. The number of hydrogen-bond acceptors (Lipinski definition) is 7. The third-order valence-electron chi connectivity index (χ3n) is 4.02. The van der Waals surface area contributed by atoms with E-state index in [2.05, 4.69) is 15.4 Å². The first-order valence-electron chi connectivity index (χ1n) is 8.98. The molecule has 0 saturated heterocycles. The highest BCUT2D eigenvalue weighted by Gasteiger charge is 2.13. The predicted molar refractivity (Wildman–Crippen MR) is 111 cm³/mol. The Hall–Kier alpha value is -3.77. The predicted octanol–water partition coefficient (Wildman–Crippen LogP) is 1.82. The van der Waals surface area contributed by atoms with Crippen molar-refractivity contribution < 1.29 is 28.6 Å². The Labute approximate surface area is 183 Å². The lowest BCUT2D eigenvalue weighted by atomic mass is 10.1. The van der Waals surface area contributed by atoms with Gasteiger partial charge in [-0.1, -0.05) is 17.7 Å². The number of nitrogens with one attached hydrogen (secondary N) is 2. The number of hydrogen-bond donors (Lipinski definition) is 2. The molecule has 0 aliphatic carbocycles. The molecule has 0 atom stereocenters. The number of halogens is 1. The Kier molecular flexibility index (Phi) is 8.66. The number of methoxy groups -OCH3 is 2. The van der Waals surface area contributed by atoms with Crippen molar-refractivity contribution in [3.63, 3.8) is 0 Å². The van der Waals surface area contributed by atoms with E-state index in [0.29, 0.717) is 27.5 Å². The van der Waals surface area contributed by atoms with Gasteiger partial charge in [0.05, 0.1) is 25.9 Å². The summed E-state index contributed by atoms with van der Waals surface area (Å²) in [5, 5.41) is 14.5. The van der Waals surface area contributed by atoms with Crippen LogP contribution in [0, 0.1) is 11.3 Å². The molecular formula is C21H20ClN3O6. The van der Waals surface area contributed by atoms with Crippen LogP contribution in [0.2, 0.25) is 5.02 Å². The van der Waals surface area contributed by atoms with Gasteiger partial charge in [-0.25, -0.2) is 0 Å². The molecule has 0 aromatic heterocycles. The largest absolute Gasteiger partial charge is 0.497 e. The van der Waals surface area contributed by atoms with Crippen LogP contribution in [0.15, 0.2) is 36.4 Å². The lowest BCUT2D eigenvalue weighted by Gasteiger charge is -2.13. The molecule has 2 aromatic carbocycles. The fourth-order valence-corrected chi connectivity index (χ4v) is 2.66. The van der Waals surface area contributed by atoms with Crippen LogP contribution in [0.5, 0.6) is 11.5 Å². The van der Waals surface area contributed by atoms with Crippen molar-refractivity contribution in [3.8, 4) is 17.6 Å². The van der Waals surface area contributed by atoms with Gasteiger partial charge < -0.3 is 24.8 Å². The number of carbonyl (C=O) groups is 3. The lowest BCUT2D eigenvalue weighted by Crippen LogP contribution is -2.34. The van der Waals surface area contributed by atoms with E-state index in [1.807, 2.05) is 6.07 Å². The molecule has 0 aliphatic heterocycles. The summed E-state index contributed by atoms with van der Waals surface area (Å²) in [6, 6.07) is 11.2. The summed E-state index contributed by atoms with van der Waals surface area (Å²) in [7, 11) is 2.67. The maximum Gasteiger partial charge on any atom is 0.325 e. The van der Waals surface area contributed by atoms with Crippen LogP contribution < -0.4 is 20.1 Å². The third kappa shape index (κ3) is 7.21. The maximum atomic E-state index is 12.5. The zero-order valence-electron chi connectivity index (χ0n) is 16.9. The quantitative estimate of drug-likeness (QED) is 0.563. The Morgan fingerprint density at radius 3 is 2.55 bits per heavy atom. The average Bonchev–Trinajstić information content (AvgIpc) is 2.79. The van der Waals surface area contributed by atoms with Crippen LogP contribution in [-0.2, 0) is 20.9 Å². The van der Waals surface area contributed by atoms with Gasteiger partial charge in [-0.2, -0.15) is 5.26 Å². The topological polar surface area (TPSA) is 127 Å². The van der Waals surface area contributed by atoms with Gasteiger partial charge in [0.2, 0.25) is 0 Å². The molecule has 0 spiro atoms. The van der Waals surface area contributed by atoms with E-state index in [-0.39, 0.29) is 18.8 Å². The van der Waals surface area contributed by atoms with Crippen molar-refractivity contribution in [2.24, 2.45) is 0 Å². The molecule has 0 fully saturated rings. The number of benzene rings is 2. The van der Waals surface area contributed by atoms with Crippen molar-refractivity contribution in [1.29, 1.82) is 5.26 Å². The summed E-state index contributed by atoms with van der Waals surface area (Å²) in [5.41, 5.74) is 1.17. The minimum Gasteiger partial charge on any atom is -0.497 e. The number of rotatable bonds is 9. The first-order valence-corrected chi connectivity index (χ1v) is 9.36. The molecule has 2 amide bonds. The average molecular weight is 446 g/mol. The van der Waals surface area contributed by atoms with Crippen LogP contribution in [0.3, 0.4) is 0 Å². The van der Waals surface area contributed by atoms with E-state index in [1.54, 1.807) is 24.3 Å². The fourth-order valence-electron chi connectivity index (χ4n) is 2.43. The van der Waals surface area contributed by atoms with Crippen LogP contribution in [-0.4, -0.2) is 45.2 Å². The summed E-state index contributed by atoms with van der Waals surface area (Å²) in [6.45, 7) is -0.611. The first-order chi connectivity index (χ1) is 14.9. The zero-order chi connectivity index (χ0) is 22.8. The van der Waals surface area contributed by atoms with Crippen LogP contribution >= 0.6 is 11.6 Å². The Bertz CT molecular complexity index is 1020. The molecule has 10 heteroatoms. The van der Waals surface area contributed by atoms with Crippen molar-refractivity contribution in [2.45, 2.75) is 6.54 Å². The van der Waals surface area contributed by atoms with E-state index in [1.165, 1.54) is 26.4 Å². The molecule has 2 N–H and O–H groups in total. The van der Waals surface area contributed by atoms with E-state index in [4.69, 9.17) is 26.3 Å². The van der Waals surface area contributed by atoms with Gasteiger partial charge in [0, 0.05) is 22.7 Å². The van der Waals surface area contributed by atoms with Gasteiger partial charge >= 0.3 is 5.97 Å². The second-order valence-electron chi connectivity index (χ2n) is 6.14. The second kappa shape index (κ2) is 11.4. The molecular weight excluding hydrogens is 426 g/mol. The normalized spacial score (nSPS) is 9.87. The smallest absolute Gasteiger partial charge is 0.325 e. The maximum absolute atomic E-state index is 12.5. The summed E-state index contributed by atoms with van der Waals surface area (Å²) >= 11 is 6.00. The molecule has 2 rings (SSSR count). The van der Waals surface area contributed by atoms with E-state index < -0.39 is 24.4 Å². The molecule has 9 nitrogen and oxygen atoms in total. The van der Waals surface area contributed by atoms with Crippen molar-refractivity contribution in [3.05, 3.63) is 58.1 Å². The van der Waals surface area contributed by atoms with Gasteiger partial charge in [0.1, 0.15) is 18.0 Å². The Morgan fingerprint density at radius 2 is 1.87 bits per heavy atom. The van der Waals surface area contributed by atoms with Crippen molar-refractivity contribution in [2.75, 3.05) is 27.4 Å². The molecule has 0 bridgehead atoms. The highest BCUT2D eigenvalue weighted by molar-refractivity contribution is 6.31. The van der Waals surface area contributed by atoms with Crippen LogP contribution in [0.4, 0.5) is 0 Å². The molecule has 31 heavy (non-hydrogen) atoms. The number of carbonyl (C=O) groups excluding carboxylic acids is 3. The Morgan fingerprint density at radius 1 is 1.10 bits per heavy atom. The van der Waals surface area contributed by atoms with Gasteiger partial charge in [-0.3, -0.25) is 14.4 Å². The summed E-state index contributed by atoms with van der Waals surface area (Å²) < 4.78 is 15.0. The van der Waals surface area contributed by atoms with Crippen LogP contribution in [0.1, 0.15) is 21.5 Å². The highest BCUT2D eigenvalue weighted by atomic mass is 35.5. The highest BCUT2D eigenvalue weighted by Crippen LogP contribution is 2.22. The van der Waals surface area contributed by atoms with Gasteiger partial charge in [0.15, 0.2) is 6.61 Å².